The number of likely N-dealkylation sites (tertiary alicyclic amines) is 1. The lowest BCUT2D eigenvalue weighted by molar-refractivity contribution is -0.142. The fourth-order valence-corrected chi connectivity index (χ4v) is 8.44. The Labute approximate surface area is 388 Å². The van der Waals surface area contributed by atoms with E-state index in [0.717, 1.165) is 5.13 Å². The molecule has 0 radical (unpaired) electrons. The minimum atomic E-state index is -1.29. The van der Waals surface area contributed by atoms with E-state index in [-0.39, 0.29) is 43.4 Å². The summed E-state index contributed by atoms with van der Waals surface area (Å²) in [5, 5.41) is 17.5. The number of nitrogens with one attached hydrogen (secondary N) is 5. The number of alkyl carbamates (subject to hydrolysis) is 1. The van der Waals surface area contributed by atoms with Crippen molar-refractivity contribution in [3.8, 4) is 22.9 Å². The number of allylic oxidation sites excluding steroid dienone is 2. The van der Waals surface area contributed by atoms with E-state index in [1.165, 1.54) is 16.2 Å². The number of fused-ring (bicyclic) bond motifs is 2. The highest BCUT2D eigenvalue weighted by molar-refractivity contribution is 7.14. The van der Waals surface area contributed by atoms with Crippen LogP contribution in [0.3, 0.4) is 0 Å². The van der Waals surface area contributed by atoms with Crippen molar-refractivity contribution < 1.29 is 43.0 Å². The number of aromatic nitrogens is 2. The lowest BCUT2D eigenvalue weighted by Gasteiger charge is -2.31. The summed E-state index contributed by atoms with van der Waals surface area (Å²) in [6, 6.07) is 10.3. The number of pyridine rings is 1. The lowest BCUT2D eigenvalue weighted by atomic mass is 10.0. The van der Waals surface area contributed by atoms with Crippen molar-refractivity contribution in [3.05, 3.63) is 66.1 Å². The molecule has 66 heavy (non-hydrogen) atoms. The Morgan fingerprint density at radius 3 is 2.35 bits per heavy atom. The van der Waals surface area contributed by atoms with Crippen LogP contribution in [0.15, 0.2) is 66.1 Å². The first-order valence-corrected chi connectivity index (χ1v) is 23.1. The number of benzene rings is 2. The molecule has 1 saturated heterocycles. The molecule has 5 N–H and O–H groups in total. The van der Waals surface area contributed by atoms with Crippen molar-refractivity contribution in [1.82, 2.24) is 25.5 Å². The van der Waals surface area contributed by atoms with E-state index in [1.807, 2.05) is 37.4 Å². The predicted octanol–water partition coefficient (Wildman–Crippen LogP) is 7.24. The minimum Gasteiger partial charge on any atom is -0.497 e. The summed E-state index contributed by atoms with van der Waals surface area (Å²) in [5.41, 5.74) is 1.41. The molecule has 2 aliphatic rings. The van der Waals surface area contributed by atoms with Crippen LogP contribution in [0.2, 0.25) is 0 Å². The van der Waals surface area contributed by atoms with Crippen molar-refractivity contribution >= 4 is 74.3 Å². The molecule has 6 rings (SSSR count). The van der Waals surface area contributed by atoms with Crippen LogP contribution >= 0.6 is 11.3 Å². The molecule has 0 aliphatic carbocycles. The number of carbonyl (C=O) groups excluding carboxylic acids is 6. The van der Waals surface area contributed by atoms with Crippen LogP contribution in [-0.2, 0) is 28.7 Å². The Bertz CT molecular complexity index is 2460. The molecule has 4 atom stereocenters. The minimum absolute atomic E-state index is 0.0105. The van der Waals surface area contributed by atoms with Crippen LogP contribution in [0.1, 0.15) is 87.0 Å². The summed E-state index contributed by atoms with van der Waals surface area (Å²) < 4.78 is 17.8. The zero-order valence-electron chi connectivity index (χ0n) is 38.7. The Balaban J connectivity index is 1.33. The van der Waals surface area contributed by atoms with Crippen LogP contribution in [-0.4, -0.2) is 99.9 Å². The van der Waals surface area contributed by atoms with Gasteiger partial charge in [-0.1, -0.05) is 38.1 Å². The Hall–Kier alpha value is -6.56. The summed E-state index contributed by atoms with van der Waals surface area (Å²) in [6.45, 7) is 12.6. The molecule has 4 aromatic rings. The molecule has 2 aromatic carbocycles. The first-order valence-electron chi connectivity index (χ1n) is 22.3. The molecule has 5 amide bonds. The van der Waals surface area contributed by atoms with Crippen molar-refractivity contribution in [1.29, 1.82) is 0 Å². The molecule has 0 spiro atoms. The van der Waals surface area contributed by atoms with Gasteiger partial charge in [-0.3, -0.25) is 24.0 Å². The summed E-state index contributed by atoms with van der Waals surface area (Å²) >= 11 is 1.44. The van der Waals surface area contributed by atoms with Crippen molar-refractivity contribution in [2.75, 3.05) is 29.6 Å². The maximum Gasteiger partial charge on any atom is 0.408 e. The number of amides is 5. The molecule has 352 valence electrons. The maximum atomic E-state index is 14.7. The van der Waals surface area contributed by atoms with E-state index in [1.54, 1.807) is 84.2 Å². The second-order valence-corrected chi connectivity index (χ2v) is 18.8. The van der Waals surface area contributed by atoms with Crippen LogP contribution in [0.4, 0.5) is 21.3 Å². The first-order chi connectivity index (χ1) is 31.4. The van der Waals surface area contributed by atoms with Gasteiger partial charge in [-0.2, -0.15) is 0 Å². The molecule has 0 bridgehead atoms. The maximum absolute atomic E-state index is 14.7. The summed E-state index contributed by atoms with van der Waals surface area (Å²) in [7, 11) is 1.56. The van der Waals surface area contributed by atoms with E-state index in [9.17, 15) is 28.8 Å². The number of methoxy groups -OCH3 is 1. The molecular weight excluding hydrogens is 865 g/mol. The van der Waals surface area contributed by atoms with Gasteiger partial charge in [0, 0.05) is 41.8 Å². The number of para-hydroxylation sites is 2. The normalized spacial score (nSPS) is 19.0. The lowest BCUT2D eigenvalue weighted by Crippen LogP contribution is -2.57. The van der Waals surface area contributed by atoms with Crippen LogP contribution in [0, 0.1) is 5.92 Å². The quantitative estimate of drug-likeness (QED) is 0.0743. The van der Waals surface area contributed by atoms with Crippen LogP contribution in [0.25, 0.3) is 22.3 Å². The molecule has 0 saturated carbocycles. The van der Waals surface area contributed by atoms with Gasteiger partial charge in [0.05, 0.1) is 42.3 Å². The van der Waals surface area contributed by atoms with E-state index in [2.05, 4.69) is 26.6 Å². The Morgan fingerprint density at radius 2 is 1.65 bits per heavy atom. The molecule has 17 nitrogen and oxygen atoms in total. The third-order valence-electron chi connectivity index (χ3n) is 10.8. The average Bonchev–Trinajstić information content (AvgIpc) is 3.91. The molecular formula is C48H60N8O9S. The van der Waals surface area contributed by atoms with Gasteiger partial charge in [-0.15, -0.1) is 11.3 Å². The smallest absolute Gasteiger partial charge is 0.408 e. The van der Waals surface area contributed by atoms with Crippen molar-refractivity contribution in [2.45, 2.75) is 123 Å². The highest BCUT2D eigenvalue weighted by atomic mass is 32.1. The monoisotopic (exact) mass is 924 g/mol. The van der Waals surface area contributed by atoms with Crippen LogP contribution < -0.4 is 36.1 Å². The number of Topliss-reactive ketones (excluding diaryl/α,β-unsaturated/α-hetero) is 1. The number of nitrogens with zero attached hydrogens (tertiary/aromatic N) is 3. The summed E-state index contributed by atoms with van der Waals surface area (Å²) in [5.74, 6) is -2.83. The number of ketones is 1. The van der Waals surface area contributed by atoms with Crippen LogP contribution in [0.5, 0.6) is 11.5 Å². The van der Waals surface area contributed by atoms with Gasteiger partial charge >= 0.3 is 6.09 Å². The van der Waals surface area contributed by atoms with E-state index in [4.69, 9.17) is 24.2 Å². The fraction of sp³-hybridized carbons (Fsp3) is 0.458. The third kappa shape index (κ3) is 12.8. The number of rotatable bonds is 11. The summed E-state index contributed by atoms with van der Waals surface area (Å²) in [4.78, 5) is 93.8. The van der Waals surface area contributed by atoms with Gasteiger partial charge < -0.3 is 45.7 Å². The van der Waals surface area contributed by atoms with E-state index < -0.39 is 65.3 Å². The Kier molecular flexibility index (Phi) is 16.0. The highest BCUT2D eigenvalue weighted by Gasteiger charge is 2.45. The van der Waals surface area contributed by atoms with Crippen molar-refractivity contribution in [3.63, 3.8) is 0 Å². The second kappa shape index (κ2) is 21.6. The Morgan fingerprint density at radius 1 is 0.924 bits per heavy atom. The van der Waals surface area contributed by atoms with E-state index >= 15 is 0 Å². The second-order valence-electron chi connectivity index (χ2n) is 18.0. The zero-order chi connectivity index (χ0) is 47.7. The zero-order valence-corrected chi connectivity index (χ0v) is 39.5. The van der Waals surface area contributed by atoms with Gasteiger partial charge in [0.1, 0.15) is 41.0 Å². The topological polar surface area (TPSA) is 219 Å². The number of carbonyl (C=O) groups is 6. The average molecular weight is 925 g/mol. The van der Waals surface area contributed by atoms with Gasteiger partial charge in [0.15, 0.2) is 5.13 Å². The molecule has 18 heteroatoms. The van der Waals surface area contributed by atoms with Gasteiger partial charge in [0.25, 0.3) is 5.91 Å². The summed E-state index contributed by atoms with van der Waals surface area (Å²) in [6.07, 6.45) is 4.01. The highest BCUT2D eigenvalue weighted by Crippen LogP contribution is 2.36. The number of hydrogen-bond acceptors (Lipinski definition) is 13. The number of ether oxygens (including phenoxy) is 3. The predicted molar refractivity (Wildman–Crippen MR) is 254 cm³/mol. The molecule has 0 unspecified atom stereocenters. The van der Waals surface area contributed by atoms with Gasteiger partial charge in [0.2, 0.25) is 23.5 Å². The molecule has 1 fully saturated rings. The SMILES string of the molecule is COc1ccc2c(O[C@H]3C[C@@H](C(=O)N[C@@H]4CCC=CCCCC(=O)Nc5ccccc5NC(=O)C4=O)N(C(=O)[C@H](NC(=O)OC(C)(C)C)C(C)C)C3)cc(-c3csc(NC(C)C)n3)nc2c1. The largest absolute Gasteiger partial charge is 0.497 e. The third-order valence-corrected chi connectivity index (χ3v) is 11.5. The van der Waals surface area contributed by atoms with Crippen molar-refractivity contribution in [2.24, 2.45) is 5.92 Å². The van der Waals surface area contributed by atoms with Gasteiger partial charge in [-0.25, -0.2) is 14.8 Å². The van der Waals surface area contributed by atoms with Gasteiger partial charge in [-0.05, 0) is 90.5 Å². The first kappa shape index (κ1) is 48.9. The molecule has 2 aromatic heterocycles. The number of hydrogen-bond donors (Lipinski definition) is 5. The number of anilines is 3. The number of thiazole rings is 1. The molecule has 2 aliphatic heterocycles. The fourth-order valence-electron chi connectivity index (χ4n) is 7.59. The standard InChI is InChI=1S/C48H60N8O9S/c1-27(2)41(55-47(62)65-48(5,6)7)45(61)56-25-30(64-39-24-36(37-26-66-46(54-37)49-28(3)4)50-35-22-29(63-8)20-21-31(35)39)23-38(56)43(59)53-34-18-12-10-9-11-13-19-40(57)51-32-16-14-15-17-33(32)52-44(60)42(34)58/h9-10,14-17,20-22,24,26-28,30,34,38,41H,11-13,18-19,23,25H2,1-8H3,(H,49,54)(H,51,57)(H,52,60)(H,53,59)(H,55,62)/t30-,34+,38-,41+/m0/s1. The molecule has 4 heterocycles. The van der Waals surface area contributed by atoms with E-state index in [0.29, 0.717) is 58.7 Å².